The molecular weight excluding hydrogens is 1050 g/mol. The first-order valence-corrected chi connectivity index (χ1v) is 28.0. The average Bonchev–Trinajstić information content (AvgIpc) is 4.36. The maximum absolute atomic E-state index is 13.4. The van der Waals surface area contributed by atoms with E-state index in [2.05, 4.69) is 28.8 Å². The van der Waals surface area contributed by atoms with Gasteiger partial charge in [0.25, 0.3) is 0 Å². The fraction of sp³-hybridized carbons (Fsp3) is 0.333. The number of carbonyl (C=O) groups excluding carboxylic acids is 2. The number of aromatic nitrogens is 6. The zero-order valence-corrected chi connectivity index (χ0v) is 47.6. The molecule has 16 nitrogen and oxygen atoms in total. The number of allylic oxidation sites excluding steroid dienone is 1. The highest BCUT2D eigenvalue weighted by molar-refractivity contribution is 7.14. The molecule has 412 valence electrons. The molecule has 6 aromatic heterocycles. The molecular formula is C60H62F2N12O4S2. The van der Waals surface area contributed by atoms with Crippen LogP contribution in [0.4, 0.5) is 40.3 Å². The van der Waals surface area contributed by atoms with Gasteiger partial charge in [0.05, 0.1) is 29.2 Å². The van der Waals surface area contributed by atoms with Crippen molar-refractivity contribution in [3.63, 3.8) is 0 Å². The molecule has 0 spiro atoms. The van der Waals surface area contributed by atoms with E-state index in [9.17, 15) is 23.6 Å². The third-order valence-corrected chi connectivity index (χ3v) is 15.3. The zero-order chi connectivity index (χ0) is 56.9. The van der Waals surface area contributed by atoms with Gasteiger partial charge < -0.3 is 29.1 Å². The summed E-state index contributed by atoms with van der Waals surface area (Å²) >= 11 is 2.97. The molecule has 0 N–H and O–H groups in total. The Kier molecular flexibility index (Phi) is 16.8. The van der Waals surface area contributed by atoms with E-state index in [-0.39, 0.29) is 23.8 Å². The van der Waals surface area contributed by atoms with Crippen LogP contribution < -0.4 is 9.80 Å². The van der Waals surface area contributed by atoms with Gasteiger partial charge in [0, 0.05) is 93.5 Å². The molecule has 2 aliphatic rings. The lowest BCUT2D eigenvalue weighted by Gasteiger charge is -2.33. The van der Waals surface area contributed by atoms with Crippen molar-refractivity contribution < 1.29 is 27.8 Å². The monoisotopic (exact) mass is 1120 g/mol. The topological polar surface area (TPSA) is 174 Å². The molecule has 80 heavy (non-hydrogen) atoms. The third kappa shape index (κ3) is 13.2. The van der Waals surface area contributed by atoms with Crippen LogP contribution >= 0.6 is 22.7 Å². The number of likely N-dealkylation sites (tertiary alicyclic amines) is 1. The molecule has 8 heterocycles. The van der Waals surface area contributed by atoms with Crippen molar-refractivity contribution >= 4 is 79.7 Å². The summed E-state index contributed by atoms with van der Waals surface area (Å²) in [4.78, 5) is 51.7. The Balaban J connectivity index is 0.000000194. The van der Waals surface area contributed by atoms with Gasteiger partial charge in [-0.1, -0.05) is 12.1 Å². The van der Waals surface area contributed by atoms with E-state index < -0.39 is 11.2 Å². The maximum atomic E-state index is 13.4. The Morgan fingerprint density at radius 2 is 1.24 bits per heavy atom. The van der Waals surface area contributed by atoms with Crippen LogP contribution in [0.25, 0.3) is 45.5 Å². The van der Waals surface area contributed by atoms with E-state index >= 15 is 0 Å². The third-order valence-electron chi connectivity index (χ3n) is 13.4. The summed E-state index contributed by atoms with van der Waals surface area (Å²) in [6, 6.07) is 24.9. The number of hydrogen-bond acceptors (Lipinski definition) is 14. The highest BCUT2D eigenvalue weighted by Crippen LogP contribution is 2.38. The SMILES string of the molecule is CN(c1nc(-c2ccc(F)cc2)cs1)c1c(/C=C/C#N)nc2ccc(C3=CCN(C(=O)OC(C)(C)C)CC3)cn12.CN(c1nc(-c2ccc(F)cc2)cs1)c1c(CCC#N)nc2ccc(C3CCN(C(=O)OC(C)(C)C)CC3)cn12. The Labute approximate surface area is 472 Å². The molecule has 0 atom stereocenters. The number of hydrogen-bond donors (Lipinski definition) is 0. The van der Waals surface area contributed by atoms with Gasteiger partial charge in [0.2, 0.25) is 0 Å². The fourth-order valence-electron chi connectivity index (χ4n) is 9.51. The van der Waals surface area contributed by atoms with E-state index in [1.807, 2.05) is 111 Å². The summed E-state index contributed by atoms with van der Waals surface area (Å²) in [5.74, 6) is 1.36. The summed E-state index contributed by atoms with van der Waals surface area (Å²) in [6.45, 7) is 13.6. The van der Waals surface area contributed by atoms with Crippen molar-refractivity contribution in [2.45, 2.75) is 90.8 Å². The molecule has 20 heteroatoms. The van der Waals surface area contributed by atoms with Gasteiger partial charge in [0.15, 0.2) is 10.3 Å². The summed E-state index contributed by atoms with van der Waals surface area (Å²) in [5, 5.41) is 23.8. The smallest absolute Gasteiger partial charge is 0.410 e. The molecule has 10 rings (SSSR count). The maximum Gasteiger partial charge on any atom is 0.410 e. The number of pyridine rings is 2. The molecule has 2 aliphatic heterocycles. The van der Waals surface area contributed by atoms with Gasteiger partial charge in [0.1, 0.15) is 51.5 Å². The second-order valence-corrected chi connectivity index (χ2v) is 23.1. The number of halogens is 2. The van der Waals surface area contributed by atoms with Gasteiger partial charge in [-0.15, -0.1) is 22.7 Å². The zero-order valence-electron chi connectivity index (χ0n) is 46.0. The van der Waals surface area contributed by atoms with E-state index in [4.69, 9.17) is 34.7 Å². The lowest BCUT2D eigenvalue weighted by molar-refractivity contribution is 0.0203. The van der Waals surface area contributed by atoms with Gasteiger partial charge in [-0.2, -0.15) is 10.5 Å². The predicted octanol–water partition coefficient (Wildman–Crippen LogP) is 13.9. The largest absolute Gasteiger partial charge is 0.444 e. The average molecular weight is 1120 g/mol. The standard InChI is InChI=1S/C30H33FN6O2S.C30H29FN6O2S/c2*1-30(2,3)39-29(38)36-16-13-20(14-17-36)22-9-12-26-33-24(6-5-15-32)27(37(26)18-22)35(4)28-34-25(19-40-28)21-7-10-23(31)11-8-21/h7-12,18-20H,5-6,13-14,16-17H2,1-4H3;5-13,18-19H,14,16-17H2,1-4H3/b;6-5+. The summed E-state index contributed by atoms with van der Waals surface area (Å²) in [6.07, 6.45) is 12.0. The van der Waals surface area contributed by atoms with Crippen LogP contribution in [0.2, 0.25) is 0 Å². The van der Waals surface area contributed by atoms with Crippen LogP contribution in [0.5, 0.6) is 0 Å². The number of ether oxygens (including phenoxy) is 2. The minimum absolute atomic E-state index is 0.259. The normalized spacial score (nSPS) is 14.1. The Morgan fingerprint density at radius 1 is 0.700 bits per heavy atom. The summed E-state index contributed by atoms with van der Waals surface area (Å²) in [7, 11) is 3.87. The molecule has 2 aromatic carbocycles. The molecule has 0 bridgehead atoms. The number of nitriles is 2. The Morgan fingerprint density at radius 3 is 1.79 bits per heavy atom. The number of anilines is 4. The van der Waals surface area contributed by atoms with Crippen molar-refractivity contribution in [1.29, 1.82) is 10.5 Å². The lowest BCUT2D eigenvalue weighted by atomic mass is 9.90. The Bertz CT molecular complexity index is 3680. The molecule has 1 saturated heterocycles. The minimum Gasteiger partial charge on any atom is -0.444 e. The van der Waals surface area contributed by atoms with Crippen molar-refractivity contribution in [1.82, 2.24) is 38.5 Å². The highest BCUT2D eigenvalue weighted by Gasteiger charge is 2.30. The molecule has 0 radical (unpaired) electrons. The van der Waals surface area contributed by atoms with Crippen LogP contribution in [0.15, 0.2) is 108 Å². The van der Waals surface area contributed by atoms with Crippen LogP contribution in [0.1, 0.15) is 95.7 Å². The van der Waals surface area contributed by atoms with Crippen LogP contribution in [0, 0.1) is 34.3 Å². The first-order valence-electron chi connectivity index (χ1n) is 26.3. The number of nitrogens with zero attached hydrogens (tertiary/aromatic N) is 12. The van der Waals surface area contributed by atoms with Gasteiger partial charge in [-0.05, 0) is 156 Å². The molecule has 0 unspecified atom stereocenters. The number of piperidine rings is 1. The van der Waals surface area contributed by atoms with Crippen LogP contribution in [-0.2, 0) is 15.9 Å². The first-order chi connectivity index (χ1) is 38.2. The van der Waals surface area contributed by atoms with Crippen molar-refractivity contribution in [3.05, 3.63) is 142 Å². The quantitative estimate of drug-likeness (QED) is 0.112. The molecule has 2 amide bonds. The molecule has 0 aliphatic carbocycles. The van der Waals surface area contributed by atoms with Gasteiger partial charge >= 0.3 is 12.2 Å². The number of carbonyl (C=O) groups is 2. The first kappa shape index (κ1) is 56.3. The second-order valence-electron chi connectivity index (χ2n) is 21.5. The van der Waals surface area contributed by atoms with Crippen molar-refractivity contribution in [3.8, 4) is 34.7 Å². The summed E-state index contributed by atoms with van der Waals surface area (Å²) in [5.41, 5.74) is 8.48. The van der Waals surface area contributed by atoms with E-state index in [1.165, 1.54) is 58.6 Å². The van der Waals surface area contributed by atoms with E-state index in [0.717, 1.165) is 85.4 Å². The molecule has 1 fully saturated rings. The molecule has 8 aromatic rings. The lowest BCUT2D eigenvalue weighted by Crippen LogP contribution is -2.41. The number of fused-ring (bicyclic) bond motifs is 2. The molecule has 0 saturated carbocycles. The summed E-state index contributed by atoms with van der Waals surface area (Å²) < 4.78 is 42.0. The Hall–Kier alpha value is -8.46. The predicted molar refractivity (Wildman–Crippen MR) is 310 cm³/mol. The number of aryl methyl sites for hydroxylation is 1. The van der Waals surface area contributed by atoms with Gasteiger partial charge in [-0.3, -0.25) is 8.80 Å². The fourth-order valence-corrected chi connectivity index (χ4v) is 11.1. The number of benzene rings is 2. The highest BCUT2D eigenvalue weighted by atomic mass is 32.1. The second kappa shape index (κ2) is 23.9. The number of thiazole rings is 2. The number of rotatable bonds is 11. The van der Waals surface area contributed by atoms with Crippen molar-refractivity contribution in [2.24, 2.45) is 0 Å². The number of amides is 2. The van der Waals surface area contributed by atoms with Crippen molar-refractivity contribution in [2.75, 3.05) is 50.1 Å². The van der Waals surface area contributed by atoms with Gasteiger partial charge in [-0.25, -0.2) is 38.3 Å². The van der Waals surface area contributed by atoms with Crippen LogP contribution in [-0.4, -0.2) is 102 Å². The minimum atomic E-state index is -0.537. The van der Waals surface area contributed by atoms with Crippen LogP contribution in [0.3, 0.4) is 0 Å². The van der Waals surface area contributed by atoms with E-state index in [1.54, 1.807) is 40.1 Å². The number of imidazole rings is 2. The van der Waals surface area contributed by atoms with E-state index in [0.29, 0.717) is 57.1 Å².